The third-order valence-corrected chi connectivity index (χ3v) is 3.34. The number of aromatic carboxylic acids is 2. The van der Waals surface area contributed by atoms with E-state index in [2.05, 4.69) is 6.58 Å². The quantitative estimate of drug-likeness (QED) is 0.485. The Bertz CT molecular complexity index is 646. The van der Waals surface area contributed by atoms with Gasteiger partial charge in [-0.25, -0.2) is 14.4 Å². The molecule has 0 aromatic heterocycles. The molecule has 3 N–H and O–H groups in total. The van der Waals surface area contributed by atoms with Gasteiger partial charge in [-0.2, -0.15) is 0 Å². The number of hydrogen-bond acceptors (Lipinski definition) is 5. The van der Waals surface area contributed by atoms with E-state index in [0.29, 0.717) is 11.1 Å². The van der Waals surface area contributed by atoms with Crippen LogP contribution in [0.4, 0.5) is 0 Å². The summed E-state index contributed by atoms with van der Waals surface area (Å²) in [4.78, 5) is 33.8. The van der Waals surface area contributed by atoms with Gasteiger partial charge >= 0.3 is 17.9 Å². The van der Waals surface area contributed by atoms with Gasteiger partial charge in [0, 0.05) is 19.1 Å². The average molecular weight is 322 g/mol. The van der Waals surface area contributed by atoms with Gasteiger partial charge in [-0.05, 0) is 36.1 Å². The summed E-state index contributed by atoms with van der Waals surface area (Å²) in [5, 5.41) is 27.7. The summed E-state index contributed by atoms with van der Waals surface area (Å²) in [5.74, 6) is -3.34. The lowest BCUT2D eigenvalue weighted by Crippen LogP contribution is -2.17. The highest BCUT2D eigenvalue weighted by atomic mass is 16.5. The van der Waals surface area contributed by atoms with Gasteiger partial charge in [-0.15, -0.1) is 0 Å². The summed E-state index contributed by atoms with van der Waals surface area (Å²) in [7, 11) is 0. The molecule has 0 amide bonds. The third kappa shape index (κ3) is 4.40. The number of carbonyl (C=O) groups is 3. The Morgan fingerprint density at radius 1 is 1.17 bits per heavy atom. The molecule has 0 aliphatic rings. The molecule has 0 aliphatic carbocycles. The molecule has 7 nitrogen and oxygen atoms in total. The predicted molar refractivity (Wildman–Crippen MR) is 80.7 cm³/mol. The SMILES string of the molecule is C=CC(=O)OCCc1c(C)cc(C(=O)O)c(C(=O)O)c1CCO. The monoisotopic (exact) mass is 322 g/mol. The van der Waals surface area contributed by atoms with Crippen molar-refractivity contribution in [2.24, 2.45) is 0 Å². The molecule has 0 radical (unpaired) electrons. The Labute approximate surface area is 132 Å². The molecular formula is C16H18O7. The standard InChI is InChI=1S/C16H18O7/c1-3-13(18)23-7-5-10-9(2)8-12(15(19)20)14(16(21)22)11(10)4-6-17/h3,8,17H,1,4-7H2,2H3,(H,19,20)(H,21,22). The first-order valence-corrected chi connectivity index (χ1v) is 6.85. The lowest BCUT2D eigenvalue weighted by molar-refractivity contribution is -0.137. The van der Waals surface area contributed by atoms with E-state index in [1.165, 1.54) is 6.07 Å². The number of benzene rings is 1. The normalized spacial score (nSPS) is 10.2. The zero-order valence-corrected chi connectivity index (χ0v) is 12.7. The van der Waals surface area contributed by atoms with Crippen LogP contribution in [0, 0.1) is 6.92 Å². The number of carboxylic acid groups (broad SMARTS) is 2. The van der Waals surface area contributed by atoms with Crippen molar-refractivity contribution < 1.29 is 34.4 Å². The van der Waals surface area contributed by atoms with Gasteiger partial charge < -0.3 is 20.1 Å². The third-order valence-electron chi connectivity index (χ3n) is 3.34. The summed E-state index contributed by atoms with van der Waals surface area (Å²) in [6.07, 6.45) is 1.22. The highest BCUT2D eigenvalue weighted by molar-refractivity contribution is 6.03. The molecule has 0 atom stereocenters. The van der Waals surface area contributed by atoms with E-state index < -0.39 is 17.9 Å². The van der Waals surface area contributed by atoms with Gasteiger partial charge in [0.1, 0.15) is 0 Å². The van der Waals surface area contributed by atoms with Gasteiger partial charge in [0.25, 0.3) is 0 Å². The van der Waals surface area contributed by atoms with Crippen LogP contribution < -0.4 is 0 Å². The van der Waals surface area contributed by atoms with Gasteiger partial charge in [0.05, 0.1) is 17.7 Å². The molecule has 0 spiro atoms. The first-order chi connectivity index (χ1) is 10.8. The molecule has 0 saturated heterocycles. The smallest absolute Gasteiger partial charge is 0.336 e. The Hall–Kier alpha value is -2.67. The maximum atomic E-state index is 11.5. The summed E-state index contributed by atoms with van der Waals surface area (Å²) in [6.45, 7) is 4.58. The highest BCUT2D eigenvalue weighted by Crippen LogP contribution is 2.25. The fourth-order valence-electron chi connectivity index (χ4n) is 2.39. The second kappa shape index (κ2) is 8.09. The molecule has 0 bridgehead atoms. The number of hydrogen-bond donors (Lipinski definition) is 3. The number of esters is 1. The van der Waals surface area contributed by atoms with Crippen molar-refractivity contribution in [3.63, 3.8) is 0 Å². The molecule has 1 aromatic rings. The van der Waals surface area contributed by atoms with Gasteiger partial charge in [0.15, 0.2) is 0 Å². The Balaban J connectivity index is 3.35. The maximum absolute atomic E-state index is 11.5. The van der Waals surface area contributed by atoms with Crippen LogP contribution in [-0.2, 0) is 22.4 Å². The number of aliphatic hydroxyl groups is 1. The van der Waals surface area contributed by atoms with Crippen molar-refractivity contribution in [2.45, 2.75) is 19.8 Å². The Morgan fingerprint density at radius 2 is 1.83 bits per heavy atom. The minimum Gasteiger partial charge on any atom is -0.478 e. The number of carboxylic acids is 2. The Kier molecular flexibility index (Phi) is 6.47. The average Bonchev–Trinajstić information content (AvgIpc) is 2.48. The van der Waals surface area contributed by atoms with Crippen LogP contribution >= 0.6 is 0 Å². The van der Waals surface area contributed by atoms with E-state index in [9.17, 15) is 29.7 Å². The zero-order valence-electron chi connectivity index (χ0n) is 12.7. The minimum absolute atomic E-state index is 0.00437. The zero-order chi connectivity index (χ0) is 17.6. The van der Waals surface area contributed by atoms with Crippen molar-refractivity contribution >= 4 is 17.9 Å². The molecule has 0 fully saturated rings. The topological polar surface area (TPSA) is 121 Å². The second-order valence-corrected chi connectivity index (χ2v) is 4.78. The van der Waals surface area contributed by atoms with E-state index in [4.69, 9.17) is 4.74 Å². The Morgan fingerprint density at radius 3 is 2.30 bits per heavy atom. The molecule has 23 heavy (non-hydrogen) atoms. The first-order valence-electron chi connectivity index (χ1n) is 6.85. The summed E-state index contributed by atoms with van der Waals surface area (Å²) in [5.41, 5.74) is 0.684. The lowest BCUT2D eigenvalue weighted by Gasteiger charge is -2.17. The van der Waals surface area contributed by atoms with Crippen molar-refractivity contribution in [2.75, 3.05) is 13.2 Å². The minimum atomic E-state index is -1.38. The number of carbonyl (C=O) groups excluding carboxylic acids is 1. The van der Waals surface area contributed by atoms with Crippen LogP contribution in [0.25, 0.3) is 0 Å². The van der Waals surface area contributed by atoms with Crippen LogP contribution in [0.15, 0.2) is 18.7 Å². The van der Waals surface area contributed by atoms with Gasteiger partial charge in [0.2, 0.25) is 0 Å². The van der Waals surface area contributed by atoms with E-state index in [0.717, 1.165) is 6.08 Å². The molecular weight excluding hydrogens is 304 g/mol. The van der Waals surface area contributed by atoms with Crippen LogP contribution in [0.3, 0.4) is 0 Å². The summed E-state index contributed by atoms with van der Waals surface area (Å²) < 4.78 is 4.88. The van der Waals surface area contributed by atoms with Crippen molar-refractivity contribution in [1.29, 1.82) is 0 Å². The van der Waals surface area contributed by atoms with E-state index in [1.54, 1.807) is 6.92 Å². The molecule has 0 heterocycles. The van der Waals surface area contributed by atoms with Crippen LogP contribution in [0.2, 0.25) is 0 Å². The number of aryl methyl sites for hydroxylation is 1. The number of aliphatic hydroxyl groups excluding tert-OH is 1. The molecule has 124 valence electrons. The van der Waals surface area contributed by atoms with Crippen LogP contribution in [0.5, 0.6) is 0 Å². The highest BCUT2D eigenvalue weighted by Gasteiger charge is 2.24. The number of rotatable bonds is 8. The van der Waals surface area contributed by atoms with Gasteiger partial charge in [-0.3, -0.25) is 0 Å². The van der Waals surface area contributed by atoms with Crippen molar-refractivity contribution in [3.05, 3.63) is 46.5 Å². The van der Waals surface area contributed by atoms with E-state index >= 15 is 0 Å². The second-order valence-electron chi connectivity index (χ2n) is 4.78. The summed E-state index contributed by atoms with van der Waals surface area (Å²) in [6, 6.07) is 1.28. The van der Waals surface area contributed by atoms with E-state index in [1.807, 2.05) is 0 Å². The predicted octanol–water partition coefficient (Wildman–Crippen LogP) is 1.20. The maximum Gasteiger partial charge on any atom is 0.336 e. The molecule has 0 saturated carbocycles. The number of ether oxygens (including phenoxy) is 1. The molecule has 0 unspecified atom stereocenters. The largest absolute Gasteiger partial charge is 0.478 e. The first kappa shape index (κ1) is 18.4. The molecule has 0 aliphatic heterocycles. The van der Waals surface area contributed by atoms with Crippen molar-refractivity contribution in [3.8, 4) is 0 Å². The molecule has 1 aromatic carbocycles. The van der Waals surface area contributed by atoms with Crippen LogP contribution in [0.1, 0.15) is 37.4 Å². The van der Waals surface area contributed by atoms with Crippen molar-refractivity contribution in [1.82, 2.24) is 0 Å². The van der Waals surface area contributed by atoms with E-state index in [-0.39, 0.29) is 42.7 Å². The molecule has 7 heteroatoms. The van der Waals surface area contributed by atoms with Crippen LogP contribution in [-0.4, -0.2) is 46.4 Å². The fraction of sp³-hybridized carbons (Fsp3) is 0.312. The fourth-order valence-corrected chi connectivity index (χ4v) is 2.39. The lowest BCUT2D eigenvalue weighted by atomic mass is 9.89. The van der Waals surface area contributed by atoms with Gasteiger partial charge in [-0.1, -0.05) is 6.58 Å². The molecule has 1 rings (SSSR count). The summed E-state index contributed by atoms with van der Waals surface area (Å²) >= 11 is 0.